The molecule has 0 amide bonds. The number of nitrogens with zero attached hydrogens (tertiary/aromatic N) is 4. The Morgan fingerprint density at radius 1 is 1.28 bits per heavy atom. The van der Waals surface area contributed by atoms with E-state index in [1.807, 2.05) is 0 Å². The monoisotopic (exact) mass is 422 g/mol. The Bertz CT molecular complexity index is 1000. The molecule has 0 aliphatic carbocycles. The van der Waals surface area contributed by atoms with Crippen LogP contribution in [0.3, 0.4) is 0 Å². The SMILES string of the molecule is COC(=O)c1ccc(COc2ccc(C=Nn3c(SC)nnc3C(F)F)cc2)o1. The van der Waals surface area contributed by atoms with Gasteiger partial charge in [-0.2, -0.15) is 9.78 Å². The van der Waals surface area contributed by atoms with Crippen LogP contribution in [0.15, 0.2) is 51.1 Å². The lowest BCUT2D eigenvalue weighted by Crippen LogP contribution is -2.00. The molecular weight excluding hydrogens is 406 g/mol. The molecule has 3 rings (SSSR count). The summed E-state index contributed by atoms with van der Waals surface area (Å²) in [5.74, 6) is 0.0377. The van der Waals surface area contributed by atoms with Crippen molar-refractivity contribution in [1.29, 1.82) is 0 Å². The highest BCUT2D eigenvalue weighted by molar-refractivity contribution is 7.98. The molecule has 29 heavy (non-hydrogen) atoms. The Balaban J connectivity index is 1.63. The molecule has 0 radical (unpaired) electrons. The van der Waals surface area contributed by atoms with Gasteiger partial charge >= 0.3 is 5.97 Å². The number of ether oxygens (including phenoxy) is 2. The highest BCUT2D eigenvalue weighted by Gasteiger charge is 2.19. The van der Waals surface area contributed by atoms with E-state index >= 15 is 0 Å². The van der Waals surface area contributed by atoms with E-state index in [1.165, 1.54) is 31.2 Å². The average molecular weight is 422 g/mol. The zero-order chi connectivity index (χ0) is 20.8. The van der Waals surface area contributed by atoms with Crippen LogP contribution in [0.25, 0.3) is 0 Å². The minimum absolute atomic E-state index is 0.0967. The Labute approximate surface area is 168 Å². The van der Waals surface area contributed by atoms with Gasteiger partial charge in [-0.25, -0.2) is 13.6 Å². The highest BCUT2D eigenvalue weighted by Crippen LogP contribution is 2.22. The Kier molecular flexibility index (Phi) is 6.60. The molecule has 8 nitrogen and oxygen atoms in total. The molecule has 0 aliphatic heterocycles. The number of rotatable bonds is 8. The number of alkyl halides is 2. The van der Waals surface area contributed by atoms with Crippen molar-refractivity contribution in [2.75, 3.05) is 13.4 Å². The van der Waals surface area contributed by atoms with Gasteiger partial charge in [0, 0.05) is 0 Å². The second-order valence-corrected chi connectivity index (χ2v) is 6.29. The van der Waals surface area contributed by atoms with Crippen LogP contribution in [0.2, 0.25) is 0 Å². The summed E-state index contributed by atoms with van der Waals surface area (Å²) >= 11 is 1.17. The van der Waals surface area contributed by atoms with E-state index in [4.69, 9.17) is 9.15 Å². The van der Waals surface area contributed by atoms with Gasteiger partial charge in [0.25, 0.3) is 6.43 Å². The average Bonchev–Trinajstić information content (AvgIpc) is 3.37. The number of methoxy groups -OCH3 is 1. The van der Waals surface area contributed by atoms with Crippen LogP contribution in [-0.4, -0.2) is 40.4 Å². The molecule has 11 heteroatoms. The fourth-order valence-corrected chi connectivity index (χ4v) is 2.68. The van der Waals surface area contributed by atoms with E-state index in [1.54, 1.807) is 36.6 Å². The summed E-state index contributed by atoms with van der Waals surface area (Å²) in [6.07, 6.45) is 0.344. The number of aromatic nitrogens is 3. The van der Waals surface area contributed by atoms with Crippen molar-refractivity contribution in [3.8, 4) is 5.75 Å². The maximum absolute atomic E-state index is 13.0. The van der Waals surface area contributed by atoms with Gasteiger partial charge in [0.1, 0.15) is 18.1 Å². The largest absolute Gasteiger partial charge is 0.486 e. The predicted molar refractivity (Wildman–Crippen MR) is 101 cm³/mol. The molecule has 0 bridgehead atoms. The van der Waals surface area contributed by atoms with Crippen LogP contribution in [0.5, 0.6) is 5.75 Å². The van der Waals surface area contributed by atoms with E-state index in [2.05, 4.69) is 20.0 Å². The topological polar surface area (TPSA) is 91.7 Å². The number of hydrogen-bond acceptors (Lipinski definition) is 8. The molecule has 0 atom stereocenters. The van der Waals surface area contributed by atoms with E-state index in [-0.39, 0.29) is 17.5 Å². The Morgan fingerprint density at radius 3 is 2.69 bits per heavy atom. The molecule has 0 fully saturated rings. The number of benzene rings is 1. The van der Waals surface area contributed by atoms with E-state index < -0.39 is 18.2 Å². The first kappa shape index (κ1) is 20.5. The summed E-state index contributed by atoms with van der Waals surface area (Å²) < 4.78 is 42.5. The molecule has 2 aromatic heterocycles. The molecular formula is C18H16F2N4O4S. The van der Waals surface area contributed by atoms with Crippen molar-refractivity contribution in [2.24, 2.45) is 5.10 Å². The Morgan fingerprint density at radius 2 is 2.03 bits per heavy atom. The second kappa shape index (κ2) is 9.32. The van der Waals surface area contributed by atoms with Gasteiger partial charge < -0.3 is 13.9 Å². The molecule has 0 saturated heterocycles. The number of carbonyl (C=O) groups excluding carboxylic acids is 1. The molecule has 0 saturated carbocycles. The zero-order valence-electron chi connectivity index (χ0n) is 15.4. The molecule has 0 N–H and O–H groups in total. The van der Waals surface area contributed by atoms with Crippen molar-refractivity contribution >= 4 is 23.9 Å². The van der Waals surface area contributed by atoms with E-state index in [0.717, 1.165) is 4.68 Å². The summed E-state index contributed by atoms with van der Waals surface area (Å²) in [4.78, 5) is 11.4. The van der Waals surface area contributed by atoms with Crippen LogP contribution in [0.4, 0.5) is 8.78 Å². The number of esters is 1. The number of halogens is 2. The fraction of sp³-hybridized carbons (Fsp3) is 0.222. The maximum Gasteiger partial charge on any atom is 0.373 e. The van der Waals surface area contributed by atoms with Crippen molar-refractivity contribution < 1.29 is 27.5 Å². The molecule has 3 aromatic rings. The molecule has 152 valence electrons. The van der Waals surface area contributed by atoms with Gasteiger partial charge in [0.2, 0.25) is 16.7 Å². The van der Waals surface area contributed by atoms with Gasteiger partial charge in [-0.3, -0.25) is 0 Å². The highest BCUT2D eigenvalue weighted by atomic mass is 32.2. The quantitative estimate of drug-likeness (QED) is 0.310. The summed E-state index contributed by atoms with van der Waals surface area (Å²) in [5, 5.41) is 11.4. The number of thioether (sulfide) groups is 1. The first-order chi connectivity index (χ1) is 14.0. The van der Waals surface area contributed by atoms with Crippen LogP contribution in [0, 0.1) is 0 Å². The van der Waals surface area contributed by atoms with Crippen molar-refractivity contribution in [3.63, 3.8) is 0 Å². The third kappa shape index (κ3) is 4.99. The van der Waals surface area contributed by atoms with Gasteiger partial charge in [-0.1, -0.05) is 11.8 Å². The summed E-state index contributed by atoms with van der Waals surface area (Å²) in [5.41, 5.74) is 0.671. The first-order valence-corrected chi connectivity index (χ1v) is 9.46. The van der Waals surface area contributed by atoms with E-state index in [9.17, 15) is 13.6 Å². The van der Waals surface area contributed by atoms with Gasteiger partial charge in [-0.05, 0) is 48.2 Å². The fourth-order valence-electron chi connectivity index (χ4n) is 2.24. The number of hydrogen-bond donors (Lipinski definition) is 0. The first-order valence-electron chi connectivity index (χ1n) is 8.23. The maximum atomic E-state index is 13.0. The van der Waals surface area contributed by atoms with E-state index in [0.29, 0.717) is 17.1 Å². The lowest BCUT2D eigenvalue weighted by atomic mass is 10.2. The Hall–Kier alpha value is -3.21. The van der Waals surface area contributed by atoms with Crippen LogP contribution >= 0.6 is 11.8 Å². The summed E-state index contributed by atoms with van der Waals surface area (Å²) in [6.45, 7) is 0.125. The van der Waals surface area contributed by atoms with Gasteiger partial charge in [0.05, 0.1) is 13.3 Å². The standard InChI is InChI=1S/C18H16F2N4O4S/c1-26-17(25)14-8-7-13(28-14)10-27-12-5-3-11(4-6-12)9-21-24-16(15(19)20)22-23-18(24)29-2/h3-9,15H,10H2,1-2H3. The number of carbonyl (C=O) groups is 1. The molecule has 0 spiro atoms. The predicted octanol–water partition coefficient (Wildman–Crippen LogP) is 3.78. The third-order valence-corrected chi connectivity index (χ3v) is 4.27. The third-order valence-electron chi connectivity index (χ3n) is 3.65. The normalized spacial score (nSPS) is 11.3. The van der Waals surface area contributed by atoms with Crippen LogP contribution in [-0.2, 0) is 11.3 Å². The van der Waals surface area contributed by atoms with Gasteiger partial charge in [-0.15, -0.1) is 10.2 Å². The molecule has 0 unspecified atom stereocenters. The molecule has 0 aliphatic rings. The summed E-state index contributed by atoms with van der Waals surface area (Å²) in [7, 11) is 1.27. The zero-order valence-corrected chi connectivity index (χ0v) is 16.2. The van der Waals surface area contributed by atoms with Crippen molar-refractivity contribution in [3.05, 3.63) is 59.3 Å². The van der Waals surface area contributed by atoms with Gasteiger partial charge in [0.15, 0.2) is 0 Å². The number of furan rings is 1. The van der Waals surface area contributed by atoms with Crippen LogP contribution < -0.4 is 4.74 Å². The van der Waals surface area contributed by atoms with Crippen molar-refractivity contribution in [1.82, 2.24) is 14.9 Å². The van der Waals surface area contributed by atoms with Crippen LogP contribution in [0.1, 0.15) is 34.1 Å². The van der Waals surface area contributed by atoms with Crippen molar-refractivity contribution in [2.45, 2.75) is 18.2 Å². The lowest BCUT2D eigenvalue weighted by Gasteiger charge is -2.05. The minimum Gasteiger partial charge on any atom is -0.486 e. The second-order valence-electron chi connectivity index (χ2n) is 5.52. The molecule has 2 heterocycles. The minimum atomic E-state index is -2.78. The summed E-state index contributed by atoms with van der Waals surface area (Å²) in [6, 6.07) is 9.95. The molecule has 1 aromatic carbocycles. The smallest absolute Gasteiger partial charge is 0.373 e. The lowest BCUT2D eigenvalue weighted by molar-refractivity contribution is 0.0561.